The first-order valence-electron chi connectivity index (χ1n) is 19.2. The number of ether oxygens (including phenoxy) is 2. The van der Waals surface area contributed by atoms with Crippen molar-refractivity contribution in [3.05, 3.63) is 54.8 Å². The Labute approximate surface area is 316 Å². The minimum absolute atomic E-state index is 0.0156. The van der Waals surface area contributed by atoms with Crippen LogP contribution in [0.1, 0.15) is 90.0 Å². The van der Waals surface area contributed by atoms with Crippen molar-refractivity contribution < 1.29 is 37.1 Å². The number of benzene rings is 1. The number of hydrogen-bond acceptors (Lipinski definition) is 9. The van der Waals surface area contributed by atoms with Crippen molar-refractivity contribution in [2.75, 3.05) is 13.2 Å². The molecule has 4 fully saturated rings. The Kier molecular flexibility index (Phi) is 10.5. The molecular weight excluding hydrogens is 711 g/mol. The maximum atomic E-state index is 14.7. The van der Waals surface area contributed by atoms with E-state index in [-0.39, 0.29) is 37.3 Å². The second kappa shape index (κ2) is 15.0. The summed E-state index contributed by atoms with van der Waals surface area (Å²) in [4.78, 5) is 62.0. The third kappa shape index (κ3) is 8.13. The molecule has 2 aliphatic heterocycles. The van der Waals surface area contributed by atoms with Gasteiger partial charge in [0.05, 0.1) is 18.4 Å². The predicted octanol–water partition coefficient (Wildman–Crippen LogP) is 4.76. The number of amides is 4. The van der Waals surface area contributed by atoms with Crippen LogP contribution < -0.4 is 20.1 Å². The predicted molar refractivity (Wildman–Crippen MR) is 202 cm³/mol. The van der Waals surface area contributed by atoms with E-state index < -0.39 is 68.7 Å². The van der Waals surface area contributed by atoms with Gasteiger partial charge in [0.15, 0.2) is 0 Å². The molecule has 1 aromatic carbocycles. The highest BCUT2D eigenvalue weighted by atomic mass is 32.2. The van der Waals surface area contributed by atoms with Crippen molar-refractivity contribution in [2.45, 2.75) is 113 Å². The number of carbonyl (C=O) groups excluding carboxylic acids is 4. The van der Waals surface area contributed by atoms with Crippen LogP contribution in [-0.2, 0) is 29.1 Å². The van der Waals surface area contributed by atoms with Crippen LogP contribution in [0.5, 0.6) is 5.88 Å². The lowest BCUT2D eigenvalue weighted by Gasteiger charge is -2.32. The minimum atomic E-state index is -3.89. The number of carbonyl (C=O) groups is 4. The van der Waals surface area contributed by atoms with Crippen LogP contribution >= 0.6 is 0 Å². The van der Waals surface area contributed by atoms with E-state index in [9.17, 15) is 27.6 Å². The van der Waals surface area contributed by atoms with Crippen molar-refractivity contribution in [3.63, 3.8) is 0 Å². The summed E-state index contributed by atoms with van der Waals surface area (Å²) in [5, 5.41) is 6.79. The third-order valence-electron chi connectivity index (χ3n) is 11.7. The standard InChI is InChI=1S/C40H51N5O8S/c1-4-28-22-40(28,37(48)44-54(50,51)30-15-16-30)43-34(46)32-21-29-23-45(32)36(47)33(27-11-7-8-12-27)42-38(49)52-24-39(2,3)18-9-5-6-10-25-13-14-26-17-19-41-35(53-29)31(26)20-25/h4,6,10,13-14,17,19-20,27-30,32-33H,1,5,7-9,11-12,15-16,18,21-24H2,2-3H3,(H,42,49)(H,43,46)(H,44,48)/b10-6+/t28-,29-,32+,33+,40?/m1/s1. The van der Waals surface area contributed by atoms with Gasteiger partial charge in [-0.25, -0.2) is 18.2 Å². The number of nitrogens with zero attached hydrogens (tertiary/aromatic N) is 2. The van der Waals surface area contributed by atoms with Gasteiger partial charge >= 0.3 is 6.09 Å². The van der Waals surface area contributed by atoms with Crippen molar-refractivity contribution in [2.24, 2.45) is 17.3 Å². The zero-order valence-electron chi connectivity index (χ0n) is 31.1. The van der Waals surface area contributed by atoms with Crippen molar-refractivity contribution in [3.8, 4) is 5.88 Å². The molecule has 1 saturated heterocycles. The normalized spacial score (nSPS) is 29.8. The molecule has 4 bridgehead atoms. The van der Waals surface area contributed by atoms with Crippen LogP contribution in [0.25, 0.3) is 16.8 Å². The monoisotopic (exact) mass is 761 g/mol. The summed E-state index contributed by atoms with van der Waals surface area (Å²) < 4.78 is 39.9. The molecule has 14 heteroatoms. The van der Waals surface area contributed by atoms with Crippen LogP contribution in [0.3, 0.4) is 0 Å². The Morgan fingerprint density at radius 1 is 1.09 bits per heavy atom. The van der Waals surface area contributed by atoms with Gasteiger partial charge in [-0.2, -0.15) is 0 Å². The molecule has 4 amide bonds. The van der Waals surface area contributed by atoms with Crippen molar-refractivity contribution >= 4 is 50.7 Å². The number of fused-ring (bicyclic) bond motifs is 3. The SMILES string of the molecule is C=C[C@@H]1CC1(NC(=O)[C@@H]1C[C@@H]2CN1C(=O)[C@H](C1CCCC1)NC(=O)OCC(C)(C)CCC/C=C/c1ccc3ccnc(c3c1)O2)C(=O)NS(=O)(=O)C1CC1. The minimum Gasteiger partial charge on any atom is -0.472 e. The Bertz CT molecular complexity index is 1960. The number of nitrogens with one attached hydrogen (secondary N) is 3. The van der Waals surface area contributed by atoms with Gasteiger partial charge < -0.3 is 25.0 Å². The van der Waals surface area contributed by atoms with Gasteiger partial charge in [0.2, 0.25) is 27.7 Å². The lowest BCUT2D eigenvalue weighted by atomic mass is 9.88. The van der Waals surface area contributed by atoms with Crippen LogP contribution in [0.4, 0.5) is 4.79 Å². The Morgan fingerprint density at radius 2 is 1.87 bits per heavy atom. The molecule has 2 aromatic rings. The van der Waals surface area contributed by atoms with Gasteiger partial charge in [-0.15, -0.1) is 6.58 Å². The lowest BCUT2D eigenvalue weighted by Crippen LogP contribution is -2.59. The first-order chi connectivity index (χ1) is 25.8. The summed E-state index contributed by atoms with van der Waals surface area (Å²) in [6.45, 7) is 8.08. The summed E-state index contributed by atoms with van der Waals surface area (Å²) in [6.07, 6.45) is 13.0. The molecule has 1 unspecified atom stereocenters. The number of allylic oxidation sites excluding steroid dienone is 1. The molecule has 0 spiro atoms. The second-order valence-corrected chi connectivity index (χ2v) is 18.4. The smallest absolute Gasteiger partial charge is 0.407 e. The largest absolute Gasteiger partial charge is 0.472 e. The van der Waals surface area contributed by atoms with Crippen LogP contribution in [0.15, 0.2) is 49.2 Å². The number of alkyl carbamates (subject to hydrolysis) is 1. The van der Waals surface area contributed by atoms with Gasteiger partial charge in [0, 0.05) is 23.9 Å². The zero-order chi connectivity index (χ0) is 38.3. The Hall–Kier alpha value is -4.46. The molecule has 13 nitrogen and oxygen atoms in total. The molecule has 3 saturated carbocycles. The quantitative estimate of drug-likeness (QED) is 0.337. The summed E-state index contributed by atoms with van der Waals surface area (Å²) >= 11 is 0. The highest BCUT2D eigenvalue weighted by Gasteiger charge is 2.62. The molecule has 3 heterocycles. The molecule has 54 heavy (non-hydrogen) atoms. The maximum Gasteiger partial charge on any atom is 0.407 e. The molecule has 0 radical (unpaired) electrons. The number of cyclic esters (lactones) is 1. The number of aromatic nitrogens is 1. The fourth-order valence-corrected chi connectivity index (χ4v) is 9.54. The molecule has 290 valence electrons. The summed E-state index contributed by atoms with van der Waals surface area (Å²) in [5.74, 6) is -2.18. The van der Waals surface area contributed by atoms with Crippen LogP contribution in [0.2, 0.25) is 0 Å². The lowest BCUT2D eigenvalue weighted by molar-refractivity contribution is -0.142. The van der Waals surface area contributed by atoms with E-state index in [2.05, 4.69) is 39.1 Å². The van der Waals surface area contributed by atoms with E-state index in [4.69, 9.17) is 9.47 Å². The number of hydrogen-bond donors (Lipinski definition) is 3. The van der Waals surface area contributed by atoms with Gasteiger partial charge in [0.25, 0.3) is 5.91 Å². The first kappa shape index (κ1) is 37.8. The Morgan fingerprint density at radius 3 is 2.59 bits per heavy atom. The van der Waals surface area contributed by atoms with Crippen LogP contribution in [0, 0.1) is 17.3 Å². The molecule has 5 atom stereocenters. The molecule has 1 aromatic heterocycles. The van der Waals surface area contributed by atoms with Gasteiger partial charge in [-0.3, -0.25) is 19.1 Å². The van der Waals surface area contributed by atoms with Gasteiger partial charge in [-0.1, -0.05) is 57.0 Å². The highest BCUT2D eigenvalue weighted by Crippen LogP contribution is 2.45. The third-order valence-corrected chi connectivity index (χ3v) is 13.5. The fraction of sp³-hybridized carbons (Fsp3) is 0.575. The topological polar surface area (TPSA) is 173 Å². The second-order valence-electron chi connectivity index (χ2n) is 16.5. The van der Waals surface area contributed by atoms with Crippen LogP contribution in [-0.4, -0.2) is 84.2 Å². The summed E-state index contributed by atoms with van der Waals surface area (Å²) in [5.41, 5.74) is -0.849. The molecule has 7 rings (SSSR count). The summed E-state index contributed by atoms with van der Waals surface area (Å²) in [7, 11) is -3.89. The maximum absolute atomic E-state index is 14.7. The molecular formula is C40H51N5O8S. The summed E-state index contributed by atoms with van der Waals surface area (Å²) in [6, 6.07) is 5.90. The van der Waals surface area contributed by atoms with Crippen molar-refractivity contribution in [1.29, 1.82) is 0 Å². The van der Waals surface area contributed by atoms with E-state index in [1.54, 1.807) is 6.20 Å². The van der Waals surface area contributed by atoms with E-state index in [1.165, 1.54) is 11.0 Å². The number of pyridine rings is 1. The highest BCUT2D eigenvalue weighted by molar-refractivity contribution is 7.91. The average Bonchev–Trinajstić information content (AvgIpc) is 4.01. The molecule has 3 aliphatic carbocycles. The van der Waals surface area contributed by atoms with Gasteiger partial charge in [-0.05, 0) is 85.8 Å². The van der Waals surface area contributed by atoms with Gasteiger partial charge in [0.1, 0.15) is 23.7 Å². The van der Waals surface area contributed by atoms with E-state index in [0.29, 0.717) is 18.7 Å². The average molecular weight is 762 g/mol. The molecule has 5 aliphatic rings. The Balaban J connectivity index is 1.21. The number of sulfonamides is 1. The molecule has 3 N–H and O–H groups in total. The number of rotatable bonds is 7. The van der Waals surface area contributed by atoms with E-state index in [0.717, 1.165) is 61.3 Å². The van der Waals surface area contributed by atoms with E-state index >= 15 is 0 Å². The zero-order valence-corrected chi connectivity index (χ0v) is 31.9. The first-order valence-corrected chi connectivity index (χ1v) is 20.8. The fourth-order valence-electron chi connectivity index (χ4n) is 8.18. The van der Waals surface area contributed by atoms with Crippen molar-refractivity contribution in [1.82, 2.24) is 25.2 Å². The van der Waals surface area contributed by atoms with E-state index in [1.807, 2.05) is 38.1 Å².